The molecule has 0 fully saturated rings. The summed E-state index contributed by atoms with van der Waals surface area (Å²) in [6.45, 7) is 6.05. The second-order valence-electron chi connectivity index (χ2n) is 3.71. The predicted octanol–water partition coefficient (Wildman–Crippen LogP) is 1.41. The fraction of sp³-hybridized carbons (Fsp3) is 0.545. The van der Waals surface area contributed by atoms with Crippen molar-refractivity contribution >= 4 is 0 Å². The molecule has 0 saturated carbocycles. The van der Waals surface area contributed by atoms with E-state index in [4.69, 9.17) is 5.11 Å². The molecule has 3 heteroatoms. The van der Waals surface area contributed by atoms with Crippen LogP contribution in [0.5, 0.6) is 0 Å². The van der Waals surface area contributed by atoms with Crippen molar-refractivity contribution in [2.24, 2.45) is 0 Å². The van der Waals surface area contributed by atoms with E-state index >= 15 is 0 Å². The third-order valence-corrected chi connectivity index (χ3v) is 2.45. The van der Waals surface area contributed by atoms with E-state index in [1.54, 1.807) is 12.1 Å². The summed E-state index contributed by atoms with van der Waals surface area (Å²) in [5.74, 6) is 0. The number of hydrogen-bond acceptors (Lipinski definition) is 2. The normalized spacial score (nSPS) is 12.9. The number of pyridine rings is 1. The lowest BCUT2D eigenvalue weighted by atomic mass is 10.2. The summed E-state index contributed by atoms with van der Waals surface area (Å²) in [5, 5.41) is 8.86. The Kier molecular flexibility index (Phi) is 3.47. The Bertz CT molecular complexity index is 342. The van der Waals surface area contributed by atoms with Crippen LogP contribution < -0.4 is 5.43 Å². The number of hydrogen-bond donors (Lipinski definition) is 1. The van der Waals surface area contributed by atoms with E-state index in [1.807, 2.05) is 20.8 Å². The fourth-order valence-electron chi connectivity index (χ4n) is 1.88. The first-order valence-electron chi connectivity index (χ1n) is 4.87. The molecule has 1 aromatic heterocycles. The quantitative estimate of drug-likeness (QED) is 0.792. The van der Waals surface area contributed by atoms with E-state index in [0.717, 1.165) is 11.4 Å². The van der Waals surface area contributed by atoms with Gasteiger partial charge in [0.25, 0.3) is 0 Å². The summed E-state index contributed by atoms with van der Waals surface area (Å²) in [4.78, 5) is 11.2. The topological polar surface area (TPSA) is 42.2 Å². The zero-order valence-corrected chi connectivity index (χ0v) is 8.95. The Balaban J connectivity index is 3.13. The van der Waals surface area contributed by atoms with Crippen LogP contribution in [0.2, 0.25) is 0 Å². The Hall–Kier alpha value is -1.09. The summed E-state index contributed by atoms with van der Waals surface area (Å²) in [6, 6.07) is 3.49. The largest absolute Gasteiger partial charge is 0.396 e. The molecule has 3 nitrogen and oxygen atoms in total. The second-order valence-corrected chi connectivity index (χ2v) is 3.71. The Morgan fingerprint density at radius 1 is 1.36 bits per heavy atom. The van der Waals surface area contributed by atoms with Gasteiger partial charge in [-0.25, -0.2) is 0 Å². The van der Waals surface area contributed by atoms with Gasteiger partial charge in [-0.3, -0.25) is 4.79 Å². The van der Waals surface area contributed by atoms with Crippen molar-refractivity contribution < 1.29 is 5.11 Å². The van der Waals surface area contributed by atoms with E-state index in [2.05, 4.69) is 4.57 Å². The van der Waals surface area contributed by atoms with Crippen LogP contribution in [0, 0.1) is 13.8 Å². The van der Waals surface area contributed by atoms with Crippen molar-refractivity contribution in [2.75, 3.05) is 6.61 Å². The zero-order valence-electron chi connectivity index (χ0n) is 8.95. The van der Waals surface area contributed by atoms with Crippen LogP contribution in [0.15, 0.2) is 16.9 Å². The molecule has 0 saturated heterocycles. The zero-order chi connectivity index (χ0) is 10.7. The molecule has 14 heavy (non-hydrogen) atoms. The molecule has 0 radical (unpaired) electrons. The first-order chi connectivity index (χ1) is 6.56. The van der Waals surface area contributed by atoms with Crippen molar-refractivity contribution in [1.82, 2.24) is 4.57 Å². The van der Waals surface area contributed by atoms with Crippen molar-refractivity contribution in [2.45, 2.75) is 33.2 Å². The van der Waals surface area contributed by atoms with E-state index in [1.165, 1.54) is 0 Å². The lowest BCUT2D eigenvalue weighted by Crippen LogP contribution is -2.17. The lowest BCUT2D eigenvalue weighted by molar-refractivity contribution is 0.261. The minimum absolute atomic E-state index is 0.0486. The van der Waals surface area contributed by atoms with Crippen LogP contribution >= 0.6 is 0 Å². The standard InChI is InChI=1S/C11H17NO2/c1-8(4-5-13)12-9(2)6-11(14)7-10(12)3/h6-8,13H,4-5H2,1-3H3. The van der Waals surface area contributed by atoms with Crippen LogP contribution in [0.1, 0.15) is 30.8 Å². The lowest BCUT2D eigenvalue weighted by Gasteiger charge is -2.20. The van der Waals surface area contributed by atoms with Crippen LogP contribution in [0.4, 0.5) is 0 Å². The molecule has 0 aromatic carbocycles. The third kappa shape index (κ3) is 2.23. The summed E-state index contributed by atoms with van der Waals surface area (Å²) in [5.41, 5.74) is 1.96. The van der Waals surface area contributed by atoms with Gasteiger partial charge in [-0.1, -0.05) is 0 Å². The van der Waals surface area contributed by atoms with Gasteiger partial charge in [0.1, 0.15) is 0 Å². The minimum atomic E-state index is 0.0486. The van der Waals surface area contributed by atoms with Gasteiger partial charge in [0, 0.05) is 36.2 Å². The van der Waals surface area contributed by atoms with E-state index in [0.29, 0.717) is 6.42 Å². The van der Waals surface area contributed by atoms with Gasteiger partial charge in [0.2, 0.25) is 0 Å². The number of nitrogens with zero attached hydrogens (tertiary/aromatic N) is 1. The van der Waals surface area contributed by atoms with E-state index in [9.17, 15) is 4.79 Å². The maximum absolute atomic E-state index is 11.2. The number of rotatable bonds is 3. The van der Waals surface area contributed by atoms with Crippen molar-refractivity contribution in [1.29, 1.82) is 0 Å². The highest BCUT2D eigenvalue weighted by Crippen LogP contribution is 2.14. The highest BCUT2D eigenvalue weighted by Gasteiger charge is 2.08. The monoisotopic (exact) mass is 195 g/mol. The molecular weight excluding hydrogens is 178 g/mol. The molecule has 1 atom stereocenters. The molecule has 1 rings (SSSR count). The first kappa shape index (κ1) is 11.0. The second kappa shape index (κ2) is 4.42. The summed E-state index contributed by atoms with van der Waals surface area (Å²) in [6.07, 6.45) is 0.713. The average molecular weight is 195 g/mol. The molecule has 0 aliphatic rings. The highest BCUT2D eigenvalue weighted by atomic mass is 16.3. The summed E-state index contributed by atoms with van der Waals surface area (Å²) >= 11 is 0. The number of aliphatic hydroxyl groups is 1. The fourth-order valence-corrected chi connectivity index (χ4v) is 1.88. The SMILES string of the molecule is Cc1cc(=O)cc(C)n1C(C)CCO. The molecule has 1 heterocycles. The summed E-state index contributed by atoms with van der Waals surface area (Å²) in [7, 11) is 0. The van der Waals surface area contributed by atoms with Crippen LogP contribution in [0.3, 0.4) is 0 Å². The Morgan fingerprint density at radius 2 is 1.86 bits per heavy atom. The van der Waals surface area contributed by atoms with Crippen LogP contribution in [0.25, 0.3) is 0 Å². The van der Waals surface area contributed by atoms with Gasteiger partial charge in [-0.2, -0.15) is 0 Å². The third-order valence-electron chi connectivity index (χ3n) is 2.45. The predicted molar refractivity (Wildman–Crippen MR) is 56.6 cm³/mol. The molecule has 0 amide bonds. The summed E-state index contributed by atoms with van der Waals surface area (Å²) < 4.78 is 2.08. The molecule has 78 valence electrons. The maximum atomic E-state index is 11.2. The van der Waals surface area contributed by atoms with E-state index in [-0.39, 0.29) is 18.1 Å². The molecule has 0 aliphatic heterocycles. The number of aryl methyl sites for hydroxylation is 2. The molecular formula is C11H17NO2. The molecule has 1 unspecified atom stereocenters. The molecule has 1 aromatic rings. The average Bonchev–Trinajstić information content (AvgIpc) is 2.01. The maximum Gasteiger partial charge on any atom is 0.182 e. The first-order valence-corrected chi connectivity index (χ1v) is 4.87. The molecule has 1 N–H and O–H groups in total. The van der Waals surface area contributed by atoms with Gasteiger partial charge in [-0.05, 0) is 27.2 Å². The smallest absolute Gasteiger partial charge is 0.182 e. The van der Waals surface area contributed by atoms with Crippen LogP contribution in [-0.4, -0.2) is 16.3 Å². The number of aliphatic hydroxyl groups excluding tert-OH is 1. The van der Waals surface area contributed by atoms with Gasteiger partial charge in [0.15, 0.2) is 5.43 Å². The number of aromatic nitrogens is 1. The highest BCUT2D eigenvalue weighted by molar-refractivity contribution is 5.13. The van der Waals surface area contributed by atoms with E-state index < -0.39 is 0 Å². The molecule has 0 bridgehead atoms. The van der Waals surface area contributed by atoms with Crippen molar-refractivity contribution in [3.05, 3.63) is 33.7 Å². The Morgan fingerprint density at radius 3 is 2.29 bits per heavy atom. The van der Waals surface area contributed by atoms with Gasteiger partial charge in [0.05, 0.1) is 0 Å². The molecule has 0 aliphatic carbocycles. The van der Waals surface area contributed by atoms with Gasteiger partial charge >= 0.3 is 0 Å². The Labute approximate surface area is 84.0 Å². The van der Waals surface area contributed by atoms with Gasteiger partial charge in [-0.15, -0.1) is 0 Å². The molecule has 0 spiro atoms. The van der Waals surface area contributed by atoms with Crippen LogP contribution in [-0.2, 0) is 0 Å². The van der Waals surface area contributed by atoms with Crippen molar-refractivity contribution in [3.63, 3.8) is 0 Å². The van der Waals surface area contributed by atoms with Gasteiger partial charge < -0.3 is 9.67 Å². The van der Waals surface area contributed by atoms with Crippen molar-refractivity contribution in [3.8, 4) is 0 Å². The minimum Gasteiger partial charge on any atom is -0.396 e.